The van der Waals surface area contributed by atoms with E-state index in [9.17, 15) is 9.32 Å². The van der Waals surface area contributed by atoms with E-state index in [2.05, 4.69) is 5.32 Å². The predicted octanol–water partition coefficient (Wildman–Crippen LogP) is 1.28. The smallest absolute Gasteiger partial charge is 0.186 e. The van der Waals surface area contributed by atoms with Crippen LogP contribution in [0, 0.1) is 0 Å². The Balaban J connectivity index is 2.53. The van der Waals surface area contributed by atoms with Crippen LogP contribution in [0.2, 0.25) is 0 Å². The molecule has 1 rings (SSSR count). The van der Waals surface area contributed by atoms with Crippen molar-refractivity contribution in [1.29, 1.82) is 0 Å². The first-order valence-corrected chi connectivity index (χ1v) is 5.96. The first-order valence-electron chi connectivity index (χ1n) is 4.32. The molecule has 0 amide bonds. The summed E-state index contributed by atoms with van der Waals surface area (Å²) in [5.74, 6) is 0.172. The summed E-state index contributed by atoms with van der Waals surface area (Å²) in [6, 6.07) is 6.44. The molecule has 84 valence electrons. The first-order chi connectivity index (χ1) is 7.13. The van der Waals surface area contributed by atoms with Crippen molar-refractivity contribution in [1.82, 2.24) is 0 Å². The molecule has 0 radical (unpaired) electrons. The van der Waals surface area contributed by atoms with Crippen LogP contribution < -0.4 is 5.32 Å². The second-order valence-electron chi connectivity index (χ2n) is 2.96. The number of aliphatic hydroxyl groups is 1. The number of nitrogens with one attached hydrogen (secondary N) is 1. The molecule has 0 fully saturated rings. The van der Waals surface area contributed by atoms with Crippen LogP contribution in [0.25, 0.3) is 0 Å². The Kier molecular flexibility index (Phi) is 5.04. The number of rotatable bonds is 5. The molecular weight excluding hydrogens is 238 g/mol. The Labute approximate surface area is 95.6 Å². The Morgan fingerprint density at radius 3 is 2.47 bits per heavy atom. The molecule has 1 aromatic rings. The third kappa shape index (κ3) is 4.17. The van der Waals surface area contributed by atoms with Gasteiger partial charge in [-0.1, -0.05) is 0 Å². The highest BCUT2D eigenvalue weighted by Crippen LogP contribution is 2.11. The molecule has 0 saturated heterocycles. The molecule has 0 spiro atoms. The number of hydrogen-bond donors (Lipinski definition) is 3. The Hall–Kier alpha value is -0.620. The number of aliphatic hydroxyl groups excluding tert-OH is 1. The summed E-state index contributed by atoms with van der Waals surface area (Å²) in [4.78, 5) is 0.346. The maximum atomic E-state index is 10.7. The number of benzene rings is 1. The molecular formula is C9H12ClNO3S. The van der Waals surface area contributed by atoms with Gasteiger partial charge in [-0.15, -0.1) is 11.6 Å². The van der Waals surface area contributed by atoms with Gasteiger partial charge in [0.25, 0.3) is 0 Å². The standard InChI is InChI=1S/C9H12ClNO3S/c10-5-8(12)6-11-7-1-3-9(4-2-7)15(13)14/h1-4,8,11-12H,5-6H2,(H,13,14). The molecule has 4 nitrogen and oxygen atoms in total. The fraction of sp³-hybridized carbons (Fsp3) is 0.333. The van der Waals surface area contributed by atoms with Gasteiger partial charge in [0.1, 0.15) is 0 Å². The average molecular weight is 250 g/mol. The van der Waals surface area contributed by atoms with E-state index in [1.807, 2.05) is 0 Å². The number of anilines is 1. The Bertz CT molecular complexity index is 331. The quantitative estimate of drug-likeness (QED) is 0.543. The number of hydrogen-bond acceptors (Lipinski definition) is 3. The second-order valence-corrected chi connectivity index (χ2v) is 4.24. The lowest BCUT2D eigenvalue weighted by Crippen LogP contribution is -2.20. The highest BCUT2D eigenvalue weighted by Gasteiger charge is 2.02. The van der Waals surface area contributed by atoms with Gasteiger partial charge in [-0.2, -0.15) is 0 Å². The Morgan fingerprint density at radius 2 is 2.00 bits per heavy atom. The molecule has 6 heteroatoms. The maximum Gasteiger partial charge on any atom is 0.186 e. The SMILES string of the molecule is O=S(O)c1ccc(NCC(O)CCl)cc1. The fourth-order valence-corrected chi connectivity index (χ4v) is 1.46. The highest BCUT2D eigenvalue weighted by atomic mass is 35.5. The molecule has 3 N–H and O–H groups in total. The van der Waals surface area contributed by atoms with Crippen molar-refractivity contribution in [3.05, 3.63) is 24.3 Å². The van der Waals surface area contributed by atoms with E-state index in [0.29, 0.717) is 11.4 Å². The van der Waals surface area contributed by atoms with Crippen molar-refractivity contribution in [2.75, 3.05) is 17.7 Å². The molecule has 2 atom stereocenters. The van der Waals surface area contributed by atoms with E-state index in [1.165, 1.54) is 0 Å². The molecule has 0 saturated carbocycles. The molecule has 0 bridgehead atoms. The van der Waals surface area contributed by atoms with Gasteiger partial charge >= 0.3 is 0 Å². The summed E-state index contributed by atoms with van der Waals surface area (Å²) in [5.41, 5.74) is 0.772. The van der Waals surface area contributed by atoms with Gasteiger partial charge in [-0.3, -0.25) is 0 Å². The highest BCUT2D eigenvalue weighted by molar-refractivity contribution is 7.79. The molecule has 1 aromatic carbocycles. The topological polar surface area (TPSA) is 69.6 Å². The molecule has 0 aliphatic carbocycles. The summed E-state index contributed by atoms with van der Waals surface area (Å²) in [6.07, 6.45) is -0.599. The normalized spacial score (nSPS) is 14.6. The van der Waals surface area contributed by atoms with Gasteiger partial charge in [-0.25, -0.2) is 4.21 Å². The number of halogens is 1. The van der Waals surface area contributed by atoms with Crippen LogP contribution in [0.5, 0.6) is 0 Å². The molecule has 0 aromatic heterocycles. The van der Waals surface area contributed by atoms with Crippen LogP contribution in [-0.2, 0) is 11.1 Å². The van der Waals surface area contributed by atoms with Crippen LogP contribution >= 0.6 is 11.6 Å². The minimum atomic E-state index is -1.95. The van der Waals surface area contributed by atoms with Gasteiger partial charge in [0.15, 0.2) is 11.1 Å². The molecule has 0 heterocycles. The number of alkyl halides is 1. The van der Waals surface area contributed by atoms with E-state index in [1.54, 1.807) is 24.3 Å². The average Bonchev–Trinajstić information content (AvgIpc) is 2.26. The van der Waals surface area contributed by atoms with Crippen LogP contribution in [0.4, 0.5) is 5.69 Å². The van der Waals surface area contributed by atoms with E-state index in [4.69, 9.17) is 16.2 Å². The zero-order valence-electron chi connectivity index (χ0n) is 7.89. The van der Waals surface area contributed by atoms with E-state index >= 15 is 0 Å². The summed E-state index contributed by atoms with van der Waals surface area (Å²) < 4.78 is 19.4. The predicted molar refractivity (Wildman–Crippen MR) is 60.7 cm³/mol. The van der Waals surface area contributed by atoms with Gasteiger partial charge in [0.2, 0.25) is 0 Å². The van der Waals surface area contributed by atoms with Gasteiger partial charge in [0.05, 0.1) is 16.9 Å². The zero-order chi connectivity index (χ0) is 11.3. The summed E-state index contributed by atoms with van der Waals surface area (Å²) in [7, 11) is 0. The van der Waals surface area contributed by atoms with Crippen molar-refractivity contribution in [3.8, 4) is 0 Å². The second kappa shape index (κ2) is 6.07. The van der Waals surface area contributed by atoms with E-state index in [-0.39, 0.29) is 5.88 Å². The Morgan fingerprint density at radius 1 is 1.40 bits per heavy atom. The molecule has 0 aliphatic rings. The fourth-order valence-electron chi connectivity index (χ4n) is 0.979. The third-order valence-corrected chi connectivity index (χ3v) is 2.81. The van der Waals surface area contributed by atoms with Crippen molar-refractivity contribution < 1.29 is 13.9 Å². The lowest BCUT2D eigenvalue weighted by Gasteiger charge is -2.09. The summed E-state index contributed by atoms with van der Waals surface area (Å²) >= 11 is 3.47. The lowest BCUT2D eigenvalue weighted by atomic mass is 10.3. The van der Waals surface area contributed by atoms with Crippen molar-refractivity contribution in [2.24, 2.45) is 0 Å². The van der Waals surface area contributed by atoms with Crippen molar-refractivity contribution in [2.45, 2.75) is 11.0 Å². The van der Waals surface area contributed by atoms with Crippen LogP contribution in [0.1, 0.15) is 0 Å². The third-order valence-electron chi connectivity index (χ3n) is 1.78. The minimum absolute atomic E-state index is 0.172. The van der Waals surface area contributed by atoms with Crippen LogP contribution in [0.15, 0.2) is 29.2 Å². The summed E-state index contributed by atoms with van der Waals surface area (Å²) in [5, 5.41) is 12.1. The molecule has 15 heavy (non-hydrogen) atoms. The maximum absolute atomic E-state index is 10.7. The van der Waals surface area contributed by atoms with Crippen LogP contribution in [-0.4, -0.2) is 32.4 Å². The summed E-state index contributed by atoms with van der Waals surface area (Å²) in [6.45, 7) is 0.352. The van der Waals surface area contributed by atoms with Gasteiger partial charge in [0, 0.05) is 12.2 Å². The van der Waals surface area contributed by atoms with Crippen molar-refractivity contribution >= 4 is 28.4 Å². The van der Waals surface area contributed by atoms with E-state index < -0.39 is 17.2 Å². The van der Waals surface area contributed by atoms with E-state index in [0.717, 1.165) is 5.69 Å². The van der Waals surface area contributed by atoms with Crippen LogP contribution in [0.3, 0.4) is 0 Å². The van der Waals surface area contributed by atoms with Crippen molar-refractivity contribution in [3.63, 3.8) is 0 Å². The molecule has 2 unspecified atom stereocenters. The lowest BCUT2D eigenvalue weighted by molar-refractivity contribution is 0.211. The first kappa shape index (κ1) is 12.4. The van der Waals surface area contributed by atoms with Gasteiger partial charge in [-0.05, 0) is 24.3 Å². The monoisotopic (exact) mass is 249 g/mol. The minimum Gasteiger partial charge on any atom is -0.390 e. The zero-order valence-corrected chi connectivity index (χ0v) is 9.46. The molecule has 0 aliphatic heterocycles. The van der Waals surface area contributed by atoms with Gasteiger partial charge < -0.3 is 15.0 Å². The largest absolute Gasteiger partial charge is 0.390 e.